The van der Waals surface area contributed by atoms with Gasteiger partial charge in [0.05, 0.1) is 16.7 Å². The number of benzene rings is 8. The van der Waals surface area contributed by atoms with Crippen molar-refractivity contribution in [3.63, 3.8) is 0 Å². The molecular weight excluding hydrogens is 721 g/mol. The van der Waals surface area contributed by atoms with Crippen LogP contribution in [0, 0.1) is 0 Å². The van der Waals surface area contributed by atoms with Gasteiger partial charge in [-0.05, 0) is 70.3 Å². The second-order valence-corrected chi connectivity index (χ2v) is 16.0. The third kappa shape index (κ3) is 5.08. The molecule has 59 heavy (non-hydrogen) atoms. The molecule has 3 heterocycles. The Bertz CT molecular complexity index is 3470. The quantitative estimate of drug-likeness (QED) is 0.175. The third-order valence-corrected chi connectivity index (χ3v) is 12.3. The Hall–Kier alpha value is -7.63. The molecule has 3 aromatic heterocycles. The highest BCUT2D eigenvalue weighted by Gasteiger charge is 2.36. The van der Waals surface area contributed by atoms with Crippen LogP contribution in [0.2, 0.25) is 0 Å². The van der Waals surface area contributed by atoms with E-state index < -0.39 is 0 Å². The van der Waals surface area contributed by atoms with Gasteiger partial charge >= 0.3 is 0 Å². The molecule has 0 fully saturated rings. The first kappa shape index (κ1) is 33.5. The number of hydrogen-bond acceptors (Lipinski definition) is 4. The van der Waals surface area contributed by atoms with Crippen molar-refractivity contribution >= 4 is 43.7 Å². The summed E-state index contributed by atoms with van der Waals surface area (Å²) in [7, 11) is 0. The van der Waals surface area contributed by atoms with E-state index in [2.05, 4.69) is 176 Å². The van der Waals surface area contributed by atoms with Crippen molar-refractivity contribution in [3.8, 4) is 62.1 Å². The molecule has 0 spiro atoms. The molecule has 278 valence electrons. The van der Waals surface area contributed by atoms with Crippen LogP contribution in [-0.2, 0) is 5.41 Å². The van der Waals surface area contributed by atoms with Gasteiger partial charge in [0.15, 0.2) is 17.5 Å². The zero-order valence-electron chi connectivity index (χ0n) is 32.5. The fraction of sp³-hybridized carbons (Fsp3) is 0.0556. The Morgan fingerprint density at radius 3 is 1.88 bits per heavy atom. The fourth-order valence-electron chi connectivity index (χ4n) is 9.40. The van der Waals surface area contributed by atoms with Crippen LogP contribution in [0.4, 0.5) is 0 Å². The molecular formula is C54H36N4O. The van der Waals surface area contributed by atoms with E-state index in [4.69, 9.17) is 19.4 Å². The lowest BCUT2D eigenvalue weighted by Gasteiger charge is -2.22. The molecule has 0 N–H and O–H groups in total. The molecule has 11 aromatic rings. The predicted molar refractivity (Wildman–Crippen MR) is 241 cm³/mol. The van der Waals surface area contributed by atoms with E-state index in [1.165, 1.54) is 33.0 Å². The van der Waals surface area contributed by atoms with E-state index >= 15 is 0 Å². The van der Waals surface area contributed by atoms with Crippen molar-refractivity contribution in [1.29, 1.82) is 0 Å². The predicted octanol–water partition coefficient (Wildman–Crippen LogP) is 13.8. The van der Waals surface area contributed by atoms with Crippen LogP contribution in [0.3, 0.4) is 0 Å². The summed E-state index contributed by atoms with van der Waals surface area (Å²) >= 11 is 0. The normalized spacial score (nSPS) is 13.1. The highest BCUT2D eigenvalue weighted by atomic mass is 16.3. The van der Waals surface area contributed by atoms with Crippen LogP contribution >= 0.6 is 0 Å². The largest absolute Gasteiger partial charge is 0.455 e. The maximum atomic E-state index is 6.67. The summed E-state index contributed by atoms with van der Waals surface area (Å²) in [5, 5.41) is 4.55. The highest BCUT2D eigenvalue weighted by molar-refractivity contribution is 6.12. The molecule has 1 aliphatic rings. The molecule has 5 heteroatoms. The molecule has 0 radical (unpaired) electrons. The van der Waals surface area contributed by atoms with Crippen LogP contribution in [0.1, 0.15) is 25.0 Å². The Kier molecular flexibility index (Phi) is 7.20. The molecule has 0 unspecified atom stereocenters. The zero-order valence-corrected chi connectivity index (χ0v) is 32.5. The van der Waals surface area contributed by atoms with Crippen molar-refractivity contribution < 1.29 is 4.42 Å². The van der Waals surface area contributed by atoms with E-state index in [-0.39, 0.29) is 5.41 Å². The molecule has 0 amide bonds. The number of furan rings is 1. The Balaban J connectivity index is 1.07. The molecule has 5 nitrogen and oxygen atoms in total. The first-order valence-electron chi connectivity index (χ1n) is 20.1. The van der Waals surface area contributed by atoms with Gasteiger partial charge in [-0.15, -0.1) is 0 Å². The maximum absolute atomic E-state index is 6.67. The molecule has 1 aliphatic carbocycles. The molecule has 8 aromatic carbocycles. The number of hydrogen-bond donors (Lipinski definition) is 0. The standard InChI is InChI=1S/C54H36N4O/c1-54(2)44-25-12-9-20-37(44)42-31-43-38-21-10-13-26-46(38)58(48(43)32-45(42)54)47-27-14-11-22-41(47)53-56-51(34-18-7-4-8-19-34)55-52(57-53)35-28-29-39-40-24-15-23-36(33-16-5-3-6-17-33)50(40)59-49(39)30-35/h3-32H,1-2H3. The first-order valence-corrected chi connectivity index (χ1v) is 20.1. The van der Waals surface area contributed by atoms with Gasteiger partial charge in [-0.25, -0.2) is 15.0 Å². The summed E-state index contributed by atoms with van der Waals surface area (Å²) in [4.78, 5) is 15.6. The van der Waals surface area contributed by atoms with Crippen molar-refractivity contribution in [1.82, 2.24) is 19.5 Å². The van der Waals surface area contributed by atoms with Crippen LogP contribution in [0.25, 0.3) is 106 Å². The van der Waals surface area contributed by atoms with Crippen LogP contribution in [0.5, 0.6) is 0 Å². The van der Waals surface area contributed by atoms with E-state index in [9.17, 15) is 0 Å². The zero-order chi connectivity index (χ0) is 39.2. The Morgan fingerprint density at radius 1 is 0.407 bits per heavy atom. The fourth-order valence-corrected chi connectivity index (χ4v) is 9.40. The van der Waals surface area contributed by atoms with Gasteiger partial charge in [0.1, 0.15) is 11.2 Å². The second-order valence-electron chi connectivity index (χ2n) is 16.0. The number of fused-ring (bicyclic) bond motifs is 9. The van der Waals surface area contributed by atoms with Crippen molar-refractivity contribution in [2.45, 2.75) is 19.3 Å². The highest BCUT2D eigenvalue weighted by Crippen LogP contribution is 2.51. The van der Waals surface area contributed by atoms with Crippen LogP contribution < -0.4 is 0 Å². The Morgan fingerprint density at radius 2 is 1.05 bits per heavy atom. The third-order valence-electron chi connectivity index (χ3n) is 12.3. The molecule has 0 atom stereocenters. The van der Waals surface area contributed by atoms with E-state index in [0.717, 1.165) is 66.5 Å². The molecule has 0 saturated carbocycles. The monoisotopic (exact) mass is 756 g/mol. The van der Waals surface area contributed by atoms with E-state index in [1.54, 1.807) is 0 Å². The van der Waals surface area contributed by atoms with Crippen molar-refractivity contribution in [2.75, 3.05) is 0 Å². The topological polar surface area (TPSA) is 56.7 Å². The average molecular weight is 757 g/mol. The second kappa shape index (κ2) is 12.7. The van der Waals surface area contributed by atoms with Gasteiger partial charge in [0, 0.05) is 49.2 Å². The summed E-state index contributed by atoms with van der Waals surface area (Å²) in [6, 6.07) is 64.1. The van der Waals surface area contributed by atoms with E-state index in [1.807, 2.05) is 24.3 Å². The van der Waals surface area contributed by atoms with Crippen LogP contribution in [-0.4, -0.2) is 19.5 Å². The molecule has 0 saturated heterocycles. The molecule has 0 aliphatic heterocycles. The smallest absolute Gasteiger partial charge is 0.166 e. The molecule has 12 rings (SSSR count). The van der Waals surface area contributed by atoms with Crippen molar-refractivity contribution in [3.05, 3.63) is 193 Å². The summed E-state index contributed by atoms with van der Waals surface area (Å²) in [5.41, 5.74) is 15.0. The molecule has 0 bridgehead atoms. The number of rotatable bonds is 5. The lowest BCUT2D eigenvalue weighted by atomic mass is 9.82. The van der Waals surface area contributed by atoms with Gasteiger partial charge in [0.2, 0.25) is 0 Å². The number of nitrogens with zero attached hydrogens (tertiary/aromatic N) is 4. The van der Waals surface area contributed by atoms with Gasteiger partial charge in [-0.3, -0.25) is 0 Å². The average Bonchev–Trinajstić information content (AvgIpc) is 3.91. The van der Waals surface area contributed by atoms with Gasteiger partial charge in [-0.1, -0.05) is 153 Å². The lowest BCUT2D eigenvalue weighted by molar-refractivity contribution is 0.661. The number of para-hydroxylation sites is 3. The summed E-state index contributed by atoms with van der Waals surface area (Å²) in [5.74, 6) is 1.78. The lowest BCUT2D eigenvalue weighted by Crippen LogP contribution is -2.15. The maximum Gasteiger partial charge on any atom is 0.166 e. The van der Waals surface area contributed by atoms with Gasteiger partial charge in [0.25, 0.3) is 0 Å². The summed E-state index contributed by atoms with van der Waals surface area (Å²) in [6.45, 7) is 4.68. The van der Waals surface area contributed by atoms with Gasteiger partial charge < -0.3 is 8.98 Å². The summed E-state index contributed by atoms with van der Waals surface area (Å²) in [6.07, 6.45) is 0. The minimum Gasteiger partial charge on any atom is -0.455 e. The first-order chi connectivity index (χ1) is 29.0. The van der Waals surface area contributed by atoms with Crippen LogP contribution in [0.15, 0.2) is 186 Å². The minimum absolute atomic E-state index is 0.140. The Labute approximate surface area is 340 Å². The van der Waals surface area contributed by atoms with Crippen molar-refractivity contribution in [2.24, 2.45) is 0 Å². The van der Waals surface area contributed by atoms with Gasteiger partial charge in [-0.2, -0.15) is 0 Å². The number of aromatic nitrogens is 4. The SMILES string of the molecule is CC1(C)c2ccccc2-c2cc3c4ccccc4n(-c4ccccc4-c4nc(-c5ccccc5)nc(-c5ccc6c(c5)oc5c(-c7ccccc7)cccc56)n4)c3cc21. The van der Waals surface area contributed by atoms with E-state index in [0.29, 0.717) is 17.5 Å². The minimum atomic E-state index is -0.140. The summed E-state index contributed by atoms with van der Waals surface area (Å²) < 4.78 is 9.07.